The minimum absolute atomic E-state index is 0.234. The molecule has 6 nitrogen and oxygen atoms in total. The Morgan fingerprint density at radius 2 is 1.41 bits per heavy atom. The topological polar surface area (TPSA) is 61.3 Å². The van der Waals surface area contributed by atoms with Crippen LogP contribution in [0.15, 0.2) is 42.5 Å². The minimum atomic E-state index is 0.234. The molecule has 0 bridgehead atoms. The van der Waals surface area contributed by atoms with Gasteiger partial charge in [0.1, 0.15) is 36.9 Å². The van der Waals surface area contributed by atoms with Gasteiger partial charge in [-0.25, -0.2) is 0 Å². The first kappa shape index (κ1) is 22.9. The third kappa shape index (κ3) is 5.13. The first-order valence-corrected chi connectivity index (χ1v) is 12.2. The largest absolute Gasteiger partial charge is 0.491 e. The average molecular weight is 463 g/mol. The smallest absolute Gasteiger partial charge is 0.126 e. The Hall–Kier alpha value is -2.83. The van der Waals surface area contributed by atoms with E-state index in [4.69, 9.17) is 24.0 Å². The number of hydrogen-bond donors (Lipinski definition) is 0. The molecule has 3 heterocycles. The van der Waals surface area contributed by atoms with Crippen molar-refractivity contribution in [3.8, 4) is 34.0 Å². The Kier molecular flexibility index (Phi) is 6.36. The Morgan fingerprint density at radius 1 is 0.853 bits per heavy atom. The number of hydrogen-bond acceptors (Lipinski definition) is 5. The van der Waals surface area contributed by atoms with Gasteiger partial charge in [-0.1, -0.05) is 27.7 Å². The van der Waals surface area contributed by atoms with Gasteiger partial charge in [-0.15, -0.1) is 0 Å². The van der Waals surface area contributed by atoms with Gasteiger partial charge in [-0.05, 0) is 65.4 Å². The summed E-state index contributed by atoms with van der Waals surface area (Å²) in [6.07, 6.45) is 0.487. The number of aryl methyl sites for hydroxylation is 1. The molecule has 2 aliphatic rings. The molecule has 2 aromatic carbocycles. The van der Waals surface area contributed by atoms with Crippen molar-refractivity contribution in [2.45, 2.75) is 51.7 Å². The molecule has 1 aromatic heterocycles. The lowest BCUT2D eigenvalue weighted by Crippen LogP contribution is -2.10. The zero-order valence-electron chi connectivity index (χ0n) is 20.7. The van der Waals surface area contributed by atoms with Gasteiger partial charge in [-0.2, -0.15) is 5.10 Å². The van der Waals surface area contributed by atoms with Crippen molar-refractivity contribution >= 4 is 0 Å². The Bertz CT molecular complexity index is 1110. The third-order valence-corrected chi connectivity index (χ3v) is 6.37. The van der Waals surface area contributed by atoms with Gasteiger partial charge in [0, 0.05) is 18.2 Å². The Labute approximate surface area is 201 Å². The van der Waals surface area contributed by atoms with Crippen molar-refractivity contribution in [2.75, 3.05) is 26.4 Å². The van der Waals surface area contributed by atoms with Crippen LogP contribution in [0.5, 0.6) is 11.5 Å². The fourth-order valence-corrected chi connectivity index (χ4v) is 4.14. The van der Waals surface area contributed by atoms with Crippen molar-refractivity contribution in [1.82, 2.24) is 9.78 Å². The second-order valence-corrected chi connectivity index (χ2v) is 9.89. The van der Waals surface area contributed by atoms with Crippen LogP contribution in [0.2, 0.25) is 0 Å². The van der Waals surface area contributed by atoms with Crippen LogP contribution in [-0.2, 0) is 16.5 Å². The van der Waals surface area contributed by atoms with E-state index >= 15 is 0 Å². The molecular formula is C28H34N2O4. The van der Waals surface area contributed by atoms with E-state index in [1.165, 1.54) is 11.1 Å². The van der Waals surface area contributed by atoms with Gasteiger partial charge in [0.2, 0.25) is 0 Å². The molecule has 6 heteroatoms. The van der Waals surface area contributed by atoms with Crippen molar-refractivity contribution in [1.29, 1.82) is 0 Å². The number of epoxide rings is 2. The number of aromatic nitrogens is 2. The van der Waals surface area contributed by atoms with E-state index < -0.39 is 0 Å². The second-order valence-electron chi connectivity index (χ2n) is 9.89. The van der Waals surface area contributed by atoms with Crippen LogP contribution < -0.4 is 9.47 Å². The van der Waals surface area contributed by atoms with Crippen molar-refractivity contribution in [3.05, 3.63) is 53.6 Å². The normalized spacial score (nSPS) is 19.0. The molecule has 0 N–H and O–H groups in total. The summed E-state index contributed by atoms with van der Waals surface area (Å²) < 4.78 is 24.6. The fourth-order valence-electron chi connectivity index (χ4n) is 4.14. The van der Waals surface area contributed by atoms with E-state index in [9.17, 15) is 0 Å². The maximum absolute atomic E-state index is 6.29. The van der Waals surface area contributed by atoms with E-state index in [-0.39, 0.29) is 12.2 Å². The molecule has 2 aliphatic heterocycles. The summed E-state index contributed by atoms with van der Waals surface area (Å²) in [5, 5.41) is 4.82. The molecule has 2 atom stereocenters. The summed E-state index contributed by atoms with van der Waals surface area (Å²) in [6.45, 7) is 11.7. The standard InChI is InChI=1S/C28H34N2O4/c1-17(2)24-10-20(11-25(18(3)4)28(24)34-16-23-15-33-23)27-12-26(29-30(27)5)19-6-8-21(9-7-19)31-13-22-14-32-22/h6-12,17-18,22-23H,13-16H2,1-5H3. The van der Waals surface area contributed by atoms with Crippen LogP contribution in [-0.4, -0.2) is 48.4 Å². The summed E-state index contributed by atoms with van der Waals surface area (Å²) in [6, 6.07) is 14.8. The lowest BCUT2D eigenvalue weighted by Gasteiger charge is -2.21. The first-order valence-electron chi connectivity index (χ1n) is 12.2. The minimum Gasteiger partial charge on any atom is -0.491 e. The predicted octanol–water partition coefficient (Wildman–Crippen LogP) is 5.56. The van der Waals surface area contributed by atoms with Crippen LogP contribution in [0.4, 0.5) is 0 Å². The Balaban J connectivity index is 1.44. The molecule has 0 saturated carbocycles. The molecule has 2 saturated heterocycles. The molecule has 0 amide bonds. The van der Waals surface area contributed by atoms with E-state index in [0.29, 0.717) is 25.0 Å². The van der Waals surface area contributed by atoms with E-state index in [1.807, 2.05) is 23.9 Å². The molecule has 5 rings (SSSR count). The molecule has 2 fully saturated rings. The highest BCUT2D eigenvalue weighted by molar-refractivity contribution is 5.71. The first-order chi connectivity index (χ1) is 16.4. The molecule has 0 spiro atoms. The van der Waals surface area contributed by atoms with Crippen LogP contribution >= 0.6 is 0 Å². The maximum Gasteiger partial charge on any atom is 0.126 e. The number of ether oxygens (including phenoxy) is 4. The van der Waals surface area contributed by atoms with Gasteiger partial charge in [0.05, 0.1) is 24.6 Å². The van der Waals surface area contributed by atoms with Crippen molar-refractivity contribution in [3.63, 3.8) is 0 Å². The highest BCUT2D eigenvalue weighted by atomic mass is 16.6. The zero-order valence-corrected chi connectivity index (χ0v) is 20.7. The summed E-state index contributed by atoms with van der Waals surface area (Å²) in [4.78, 5) is 0. The van der Waals surface area contributed by atoms with Gasteiger partial charge in [0.25, 0.3) is 0 Å². The molecular weight excluding hydrogens is 428 g/mol. The van der Waals surface area contributed by atoms with E-state index in [0.717, 1.165) is 47.2 Å². The SMILES string of the molecule is CC(C)c1cc(-c2cc(-c3ccc(OCC4CO4)cc3)nn2C)cc(C(C)C)c1OCC1CO1. The second kappa shape index (κ2) is 9.43. The van der Waals surface area contributed by atoms with Gasteiger partial charge >= 0.3 is 0 Å². The van der Waals surface area contributed by atoms with E-state index in [2.05, 4.69) is 58.0 Å². The zero-order chi connectivity index (χ0) is 23.8. The average Bonchev–Trinajstić information content (AvgIpc) is 3.75. The maximum atomic E-state index is 6.29. The molecule has 0 radical (unpaired) electrons. The Morgan fingerprint density at radius 3 is 1.94 bits per heavy atom. The molecule has 0 aliphatic carbocycles. The van der Waals surface area contributed by atoms with Gasteiger partial charge in [0.15, 0.2) is 0 Å². The highest BCUT2D eigenvalue weighted by Gasteiger charge is 2.26. The van der Waals surface area contributed by atoms with Crippen LogP contribution in [0.1, 0.15) is 50.7 Å². The summed E-state index contributed by atoms with van der Waals surface area (Å²) in [5.74, 6) is 2.55. The summed E-state index contributed by atoms with van der Waals surface area (Å²) >= 11 is 0. The fraction of sp³-hybridized carbons (Fsp3) is 0.464. The van der Waals surface area contributed by atoms with Crippen LogP contribution in [0.25, 0.3) is 22.5 Å². The molecule has 2 unspecified atom stereocenters. The number of benzene rings is 2. The monoisotopic (exact) mass is 462 g/mol. The van der Waals surface area contributed by atoms with E-state index in [1.54, 1.807) is 0 Å². The quantitative estimate of drug-likeness (QED) is 0.369. The summed E-state index contributed by atoms with van der Waals surface area (Å²) in [7, 11) is 2.00. The highest BCUT2D eigenvalue weighted by Crippen LogP contribution is 2.40. The van der Waals surface area contributed by atoms with Crippen LogP contribution in [0, 0.1) is 0 Å². The molecule has 3 aromatic rings. The number of nitrogens with zero attached hydrogens (tertiary/aromatic N) is 2. The van der Waals surface area contributed by atoms with Crippen LogP contribution in [0.3, 0.4) is 0 Å². The lowest BCUT2D eigenvalue weighted by atomic mass is 9.90. The predicted molar refractivity (Wildman–Crippen MR) is 133 cm³/mol. The third-order valence-electron chi connectivity index (χ3n) is 6.37. The molecule has 34 heavy (non-hydrogen) atoms. The van der Waals surface area contributed by atoms with Crippen molar-refractivity contribution < 1.29 is 18.9 Å². The summed E-state index contributed by atoms with van der Waals surface area (Å²) in [5.41, 5.74) is 6.71. The van der Waals surface area contributed by atoms with Crippen molar-refractivity contribution in [2.24, 2.45) is 7.05 Å². The molecule has 180 valence electrons. The number of rotatable bonds is 10. The lowest BCUT2D eigenvalue weighted by molar-refractivity contribution is 0.258. The van der Waals surface area contributed by atoms with Gasteiger partial charge in [-0.3, -0.25) is 4.68 Å². The van der Waals surface area contributed by atoms with Gasteiger partial charge < -0.3 is 18.9 Å².